The highest BCUT2D eigenvalue weighted by molar-refractivity contribution is 7.10. The summed E-state index contributed by atoms with van der Waals surface area (Å²) in [6.45, 7) is 9.65. The predicted molar refractivity (Wildman–Crippen MR) is 117 cm³/mol. The van der Waals surface area contributed by atoms with E-state index in [0.29, 0.717) is 12.6 Å². The van der Waals surface area contributed by atoms with Crippen LogP contribution in [0.2, 0.25) is 0 Å². The quantitative estimate of drug-likeness (QED) is 0.699. The fourth-order valence-electron chi connectivity index (χ4n) is 4.19. The topological polar surface area (TPSA) is 36.0 Å². The molecule has 1 fully saturated rings. The van der Waals surface area contributed by atoms with Gasteiger partial charge in [0, 0.05) is 50.2 Å². The Morgan fingerprint density at radius 2 is 1.97 bits per heavy atom. The van der Waals surface area contributed by atoms with Crippen molar-refractivity contribution in [2.75, 3.05) is 45.9 Å². The van der Waals surface area contributed by atoms with E-state index in [2.05, 4.69) is 52.4 Å². The second-order valence-electron chi connectivity index (χ2n) is 8.09. The molecule has 0 N–H and O–H groups in total. The SMILES string of the molecule is CC(CN1CCOCC1)N(CC(=O)N1CCc2sccc2C1)Cc1ccccc1. The van der Waals surface area contributed by atoms with Crippen molar-refractivity contribution in [2.45, 2.75) is 32.5 Å². The van der Waals surface area contributed by atoms with E-state index in [1.54, 1.807) is 0 Å². The number of carbonyl (C=O) groups is 1. The first-order valence-corrected chi connectivity index (χ1v) is 11.5. The Kier molecular flexibility index (Phi) is 6.98. The molecule has 1 saturated heterocycles. The summed E-state index contributed by atoms with van der Waals surface area (Å²) in [5, 5.41) is 2.14. The van der Waals surface area contributed by atoms with Crippen LogP contribution < -0.4 is 0 Å². The summed E-state index contributed by atoms with van der Waals surface area (Å²) in [5.41, 5.74) is 2.58. The Hall–Kier alpha value is -1.73. The number of hydrogen-bond donors (Lipinski definition) is 0. The molecule has 5 nitrogen and oxygen atoms in total. The monoisotopic (exact) mass is 413 g/mol. The number of fused-ring (bicyclic) bond motifs is 1. The Bertz CT molecular complexity index is 788. The van der Waals surface area contributed by atoms with Crippen LogP contribution in [-0.2, 0) is 29.0 Å². The highest BCUT2D eigenvalue weighted by Crippen LogP contribution is 2.24. The third-order valence-corrected chi connectivity index (χ3v) is 7.00. The first-order chi connectivity index (χ1) is 14.2. The zero-order valence-corrected chi connectivity index (χ0v) is 18.1. The van der Waals surface area contributed by atoms with E-state index >= 15 is 0 Å². The molecular weight excluding hydrogens is 382 g/mol. The lowest BCUT2D eigenvalue weighted by Crippen LogP contribution is -2.49. The number of hydrogen-bond acceptors (Lipinski definition) is 5. The molecule has 2 aromatic rings. The van der Waals surface area contributed by atoms with Crippen molar-refractivity contribution in [3.8, 4) is 0 Å². The van der Waals surface area contributed by atoms with E-state index < -0.39 is 0 Å². The first-order valence-electron chi connectivity index (χ1n) is 10.6. The first kappa shape index (κ1) is 20.5. The highest BCUT2D eigenvalue weighted by Gasteiger charge is 2.26. The van der Waals surface area contributed by atoms with Crippen molar-refractivity contribution in [1.29, 1.82) is 0 Å². The number of thiophene rings is 1. The number of rotatable bonds is 7. The Balaban J connectivity index is 1.42. The summed E-state index contributed by atoms with van der Waals surface area (Å²) in [5.74, 6) is 0.242. The van der Waals surface area contributed by atoms with Crippen molar-refractivity contribution in [3.63, 3.8) is 0 Å². The van der Waals surface area contributed by atoms with Crippen LogP contribution in [0.5, 0.6) is 0 Å². The summed E-state index contributed by atoms with van der Waals surface area (Å²) >= 11 is 1.82. The third kappa shape index (κ3) is 5.45. The predicted octanol–water partition coefficient (Wildman–Crippen LogP) is 2.86. The van der Waals surface area contributed by atoms with Crippen molar-refractivity contribution in [1.82, 2.24) is 14.7 Å². The maximum atomic E-state index is 13.2. The van der Waals surface area contributed by atoms with Gasteiger partial charge in [-0.3, -0.25) is 14.6 Å². The molecule has 0 saturated carbocycles. The lowest BCUT2D eigenvalue weighted by Gasteiger charge is -2.36. The molecule has 29 heavy (non-hydrogen) atoms. The molecular formula is C23H31N3O2S. The molecule has 0 aliphatic carbocycles. The van der Waals surface area contributed by atoms with Crippen LogP contribution in [0.15, 0.2) is 41.8 Å². The summed E-state index contributed by atoms with van der Waals surface area (Å²) < 4.78 is 5.49. The van der Waals surface area contributed by atoms with Crippen LogP contribution in [-0.4, -0.2) is 72.6 Å². The second kappa shape index (κ2) is 9.85. The minimum Gasteiger partial charge on any atom is -0.379 e. The molecule has 3 heterocycles. The molecule has 156 valence electrons. The van der Waals surface area contributed by atoms with Crippen molar-refractivity contribution < 1.29 is 9.53 Å². The third-order valence-electron chi connectivity index (χ3n) is 5.98. The van der Waals surface area contributed by atoms with Crippen LogP contribution in [0, 0.1) is 0 Å². The molecule has 1 atom stereocenters. The van der Waals surface area contributed by atoms with Gasteiger partial charge in [-0.15, -0.1) is 11.3 Å². The van der Waals surface area contributed by atoms with Gasteiger partial charge in [0.05, 0.1) is 19.8 Å². The molecule has 2 aliphatic heterocycles. The summed E-state index contributed by atoms with van der Waals surface area (Å²) in [6, 6.07) is 13.0. The van der Waals surface area contributed by atoms with E-state index in [0.717, 1.165) is 58.9 Å². The number of benzene rings is 1. The van der Waals surface area contributed by atoms with Crippen LogP contribution in [0.4, 0.5) is 0 Å². The van der Waals surface area contributed by atoms with E-state index in [4.69, 9.17) is 4.74 Å². The van der Waals surface area contributed by atoms with Crippen LogP contribution >= 0.6 is 11.3 Å². The lowest BCUT2D eigenvalue weighted by atomic mass is 10.1. The van der Waals surface area contributed by atoms with E-state index in [9.17, 15) is 4.79 Å². The zero-order chi connectivity index (χ0) is 20.1. The summed E-state index contributed by atoms with van der Waals surface area (Å²) in [4.78, 5) is 21.5. The van der Waals surface area contributed by atoms with Gasteiger partial charge in [-0.25, -0.2) is 0 Å². The fraction of sp³-hybridized carbons (Fsp3) is 0.522. The molecule has 0 bridgehead atoms. The Labute approximate surface area is 177 Å². The minimum atomic E-state index is 0.242. The maximum Gasteiger partial charge on any atom is 0.237 e. The highest BCUT2D eigenvalue weighted by atomic mass is 32.1. The zero-order valence-electron chi connectivity index (χ0n) is 17.3. The fourth-order valence-corrected chi connectivity index (χ4v) is 5.08. The molecule has 1 aromatic heterocycles. The van der Waals surface area contributed by atoms with Gasteiger partial charge in [-0.05, 0) is 35.9 Å². The van der Waals surface area contributed by atoms with Crippen LogP contribution in [0.1, 0.15) is 22.9 Å². The van der Waals surface area contributed by atoms with E-state index in [-0.39, 0.29) is 5.91 Å². The summed E-state index contributed by atoms with van der Waals surface area (Å²) in [6.07, 6.45) is 0.987. The van der Waals surface area contributed by atoms with E-state index in [1.807, 2.05) is 22.3 Å². The Morgan fingerprint density at radius 3 is 2.76 bits per heavy atom. The summed E-state index contributed by atoms with van der Waals surface area (Å²) in [7, 11) is 0. The van der Waals surface area contributed by atoms with Gasteiger partial charge >= 0.3 is 0 Å². The molecule has 1 aromatic carbocycles. The molecule has 2 aliphatic rings. The van der Waals surface area contributed by atoms with E-state index in [1.165, 1.54) is 16.0 Å². The minimum absolute atomic E-state index is 0.242. The number of amides is 1. The Morgan fingerprint density at radius 1 is 1.17 bits per heavy atom. The average Bonchev–Trinajstić information content (AvgIpc) is 3.22. The standard InChI is InChI=1S/C23H31N3O2S/c1-19(15-24-10-12-28-13-11-24)26(16-20-5-3-2-4-6-20)18-23(27)25-9-7-22-21(17-25)8-14-29-22/h2-6,8,14,19H,7,9-13,15-18H2,1H3. The molecule has 1 amide bonds. The molecule has 0 spiro atoms. The smallest absolute Gasteiger partial charge is 0.237 e. The second-order valence-corrected chi connectivity index (χ2v) is 9.09. The average molecular weight is 414 g/mol. The maximum absolute atomic E-state index is 13.2. The van der Waals surface area contributed by atoms with Gasteiger partial charge < -0.3 is 9.64 Å². The van der Waals surface area contributed by atoms with Crippen molar-refractivity contribution in [3.05, 3.63) is 57.8 Å². The van der Waals surface area contributed by atoms with Crippen LogP contribution in [0.25, 0.3) is 0 Å². The number of morpholine rings is 1. The molecule has 1 unspecified atom stereocenters. The molecule has 4 rings (SSSR count). The van der Waals surface area contributed by atoms with Gasteiger partial charge in [0.1, 0.15) is 0 Å². The molecule has 0 radical (unpaired) electrons. The molecule has 6 heteroatoms. The van der Waals surface area contributed by atoms with Gasteiger partial charge in [0.2, 0.25) is 5.91 Å². The normalized spacial score (nSPS) is 18.6. The van der Waals surface area contributed by atoms with Crippen molar-refractivity contribution in [2.24, 2.45) is 0 Å². The van der Waals surface area contributed by atoms with Gasteiger partial charge in [0.25, 0.3) is 0 Å². The van der Waals surface area contributed by atoms with Crippen LogP contribution in [0.3, 0.4) is 0 Å². The number of nitrogens with zero attached hydrogens (tertiary/aromatic N) is 3. The largest absolute Gasteiger partial charge is 0.379 e. The van der Waals surface area contributed by atoms with Crippen molar-refractivity contribution >= 4 is 17.2 Å². The number of carbonyl (C=O) groups excluding carboxylic acids is 1. The lowest BCUT2D eigenvalue weighted by molar-refractivity contribution is -0.134. The van der Waals surface area contributed by atoms with Gasteiger partial charge in [-0.1, -0.05) is 30.3 Å². The van der Waals surface area contributed by atoms with Gasteiger partial charge in [-0.2, -0.15) is 0 Å². The number of ether oxygens (including phenoxy) is 1. The van der Waals surface area contributed by atoms with Gasteiger partial charge in [0.15, 0.2) is 0 Å².